The maximum atomic E-state index is 11.8. The summed E-state index contributed by atoms with van der Waals surface area (Å²) < 4.78 is 1.42. The Morgan fingerprint density at radius 1 is 1.58 bits per heavy atom. The molecule has 108 valence electrons. The van der Waals surface area contributed by atoms with Crippen molar-refractivity contribution < 1.29 is 5.11 Å². The van der Waals surface area contributed by atoms with E-state index < -0.39 is 5.60 Å². The molecule has 2 N–H and O–H groups in total. The van der Waals surface area contributed by atoms with Crippen molar-refractivity contribution in [3.63, 3.8) is 0 Å². The standard InChI is InChI=1S/C12H18ClN3O2.ClH/c1-11(2)6-14-4-3-12(11,18)7-16-8-15-9(13)5-10(16)17;/h5,8,14,18H,3-4,6-7H2,1-2H3;1H. The number of piperidine rings is 1. The first-order valence-corrected chi connectivity index (χ1v) is 6.37. The van der Waals surface area contributed by atoms with E-state index >= 15 is 0 Å². The van der Waals surface area contributed by atoms with Crippen molar-refractivity contribution in [2.45, 2.75) is 32.4 Å². The van der Waals surface area contributed by atoms with Crippen molar-refractivity contribution >= 4 is 24.0 Å². The van der Waals surface area contributed by atoms with Crippen molar-refractivity contribution in [2.24, 2.45) is 5.41 Å². The lowest BCUT2D eigenvalue weighted by atomic mass is 9.70. The van der Waals surface area contributed by atoms with Crippen LogP contribution >= 0.6 is 24.0 Å². The number of aliphatic hydroxyl groups is 1. The van der Waals surface area contributed by atoms with Crippen LogP contribution in [0.3, 0.4) is 0 Å². The van der Waals surface area contributed by atoms with Crippen molar-refractivity contribution in [3.8, 4) is 0 Å². The summed E-state index contributed by atoms with van der Waals surface area (Å²) in [6.45, 7) is 5.70. The van der Waals surface area contributed by atoms with E-state index in [0.717, 1.165) is 13.1 Å². The van der Waals surface area contributed by atoms with Crippen LogP contribution in [0.1, 0.15) is 20.3 Å². The summed E-state index contributed by atoms with van der Waals surface area (Å²) in [5.74, 6) is 0. The molecule has 0 radical (unpaired) electrons. The second-order valence-corrected chi connectivity index (χ2v) is 5.91. The van der Waals surface area contributed by atoms with Crippen molar-refractivity contribution in [2.75, 3.05) is 13.1 Å². The molecular weight excluding hydrogens is 289 g/mol. The van der Waals surface area contributed by atoms with E-state index in [2.05, 4.69) is 10.3 Å². The molecule has 0 spiro atoms. The summed E-state index contributed by atoms with van der Waals surface area (Å²) >= 11 is 5.65. The van der Waals surface area contributed by atoms with Gasteiger partial charge in [-0.2, -0.15) is 0 Å². The lowest BCUT2D eigenvalue weighted by Gasteiger charge is -2.46. The van der Waals surface area contributed by atoms with Gasteiger partial charge >= 0.3 is 0 Å². The van der Waals surface area contributed by atoms with Crippen LogP contribution in [0.5, 0.6) is 0 Å². The average molecular weight is 308 g/mol. The van der Waals surface area contributed by atoms with Crippen LogP contribution in [0.4, 0.5) is 0 Å². The molecular formula is C12H19Cl2N3O2. The molecule has 0 amide bonds. The van der Waals surface area contributed by atoms with Crippen molar-refractivity contribution in [1.29, 1.82) is 0 Å². The van der Waals surface area contributed by atoms with Crippen LogP contribution in [0.15, 0.2) is 17.2 Å². The second-order valence-electron chi connectivity index (χ2n) is 5.52. The van der Waals surface area contributed by atoms with E-state index in [0.29, 0.717) is 6.42 Å². The van der Waals surface area contributed by atoms with Crippen LogP contribution in [0.25, 0.3) is 0 Å². The van der Waals surface area contributed by atoms with Crippen LogP contribution in [-0.4, -0.2) is 33.3 Å². The first kappa shape index (κ1) is 16.4. The molecule has 1 aliphatic rings. The Labute approximate surface area is 123 Å². The van der Waals surface area contributed by atoms with Gasteiger partial charge in [-0.3, -0.25) is 9.36 Å². The fraction of sp³-hybridized carbons (Fsp3) is 0.667. The minimum Gasteiger partial charge on any atom is -0.387 e. The topological polar surface area (TPSA) is 67.2 Å². The van der Waals surface area contributed by atoms with Gasteiger partial charge in [0.25, 0.3) is 5.56 Å². The molecule has 2 rings (SSSR count). The average Bonchev–Trinajstić information content (AvgIpc) is 2.27. The third-order valence-electron chi connectivity index (χ3n) is 3.82. The molecule has 1 atom stereocenters. The molecule has 2 heterocycles. The lowest BCUT2D eigenvalue weighted by Crippen LogP contribution is -2.58. The van der Waals surface area contributed by atoms with Gasteiger partial charge in [0.05, 0.1) is 18.5 Å². The Balaban J connectivity index is 0.00000180. The number of halogens is 2. The molecule has 0 aromatic carbocycles. The predicted molar refractivity (Wildman–Crippen MR) is 77.0 cm³/mol. The molecule has 0 bridgehead atoms. The van der Waals surface area contributed by atoms with Gasteiger partial charge in [0.15, 0.2) is 0 Å². The molecule has 1 saturated heterocycles. The second kappa shape index (κ2) is 5.79. The van der Waals surface area contributed by atoms with Crippen LogP contribution in [0, 0.1) is 5.41 Å². The summed E-state index contributed by atoms with van der Waals surface area (Å²) in [6, 6.07) is 1.26. The Kier molecular flexibility index (Phi) is 5.01. The minimum absolute atomic E-state index is 0. The first-order valence-electron chi connectivity index (χ1n) is 5.99. The van der Waals surface area contributed by atoms with Crippen LogP contribution < -0.4 is 10.9 Å². The third kappa shape index (κ3) is 3.28. The van der Waals surface area contributed by atoms with E-state index in [1.807, 2.05) is 13.8 Å². The molecule has 5 nitrogen and oxygen atoms in total. The number of aromatic nitrogens is 2. The zero-order valence-corrected chi connectivity index (χ0v) is 12.6. The molecule has 1 aromatic heterocycles. The van der Waals surface area contributed by atoms with E-state index in [-0.39, 0.29) is 35.1 Å². The summed E-state index contributed by atoms with van der Waals surface area (Å²) in [5.41, 5.74) is -1.46. The Morgan fingerprint density at radius 3 is 2.84 bits per heavy atom. The largest absolute Gasteiger partial charge is 0.387 e. The minimum atomic E-state index is -0.919. The summed E-state index contributed by atoms with van der Waals surface area (Å²) in [6.07, 6.45) is 2.00. The normalized spacial score (nSPS) is 25.7. The Hall–Kier alpha value is -0.620. The van der Waals surface area contributed by atoms with E-state index in [9.17, 15) is 9.90 Å². The number of rotatable bonds is 2. The molecule has 0 aliphatic carbocycles. The zero-order chi connectivity index (χ0) is 13.4. The quantitative estimate of drug-likeness (QED) is 0.802. The van der Waals surface area contributed by atoms with Crippen LogP contribution in [0.2, 0.25) is 5.15 Å². The molecule has 1 aliphatic heterocycles. The number of hydrogen-bond donors (Lipinski definition) is 2. The van der Waals surface area contributed by atoms with E-state index in [4.69, 9.17) is 11.6 Å². The van der Waals surface area contributed by atoms with E-state index in [1.54, 1.807) is 0 Å². The fourth-order valence-electron chi connectivity index (χ4n) is 2.30. The molecule has 1 fully saturated rings. The highest BCUT2D eigenvalue weighted by Gasteiger charge is 2.45. The fourth-order valence-corrected chi connectivity index (χ4v) is 2.43. The van der Waals surface area contributed by atoms with Gasteiger partial charge < -0.3 is 10.4 Å². The predicted octanol–water partition coefficient (Wildman–Crippen LogP) is 1.07. The van der Waals surface area contributed by atoms with Gasteiger partial charge in [0, 0.05) is 18.0 Å². The van der Waals surface area contributed by atoms with Gasteiger partial charge in [-0.15, -0.1) is 12.4 Å². The summed E-state index contributed by atoms with van der Waals surface area (Å²) in [7, 11) is 0. The van der Waals surface area contributed by atoms with E-state index in [1.165, 1.54) is 17.0 Å². The van der Waals surface area contributed by atoms with Gasteiger partial charge in [0.1, 0.15) is 5.15 Å². The first-order chi connectivity index (χ1) is 8.34. The van der Waals surface area contributed by atoms with Crippen LogP contribution in [-0.2, 0) is 6.54 Å². The highest BCUT2D eigenvalue weighted by Crippen LogP contribution is 2.36. The Morgan fingerprint density at radius 2 is 2.26 bits per heavy atom. The monoisotopic (exact) mass is 307 g/mol. The third-order valence-corrected chi connectivity index (χ3v) is 4.03. The maximum absolute atomic E-state index is 11.8. The Bertz CT molecular complexity index is 504. The van der Waals surface area contributed by atoms with Gasteiger partial charge in [-0.05, 0) is 13.0 Å². The van der Waals surface area contributed by atoms with Gasteiger partial charge in [-0.1, -0.05) is 25.4 Å². The number of nitrogens with zero attached hydrogens (tertiary/aromatic N) is 2. The highest BCUT2D eigenvalue weighted by molar-refractivity contribution is 6.29. The zero-order valence-electron chi connectivity index (χ0n) is 11.0. The van der Waals surface area contributed by atoms with Gasteiger partial charge in [0.2, 0.25) is 0 Å². The number of nitrogens with one attached hydrogen (secondary N) is 1. The molecule has 0 saturated carbocycles. The van der Waals surface area contributed by atoms with Crippen molar-refractivity contribution in [1.82, 2.24) is 14.9 Å². The molecule has 7 heteroatoms. The smallest absolute Gasteiger partial charge is 0.254 e. The summed E-state index contributed by atoms with van der Waals surface area (Å²) in [5, 5.41) is 14.2. The summed E-state index contributed by atoms with van der Waals surface area (Å²) in [4.78, 5) is 15.7. The number of hydrogen-bond acceptors (Lipinski definition) is 4. The van der Waals surface area contributed by atoms with Crippen molar-refractivity contribution in [3.05, 3.63) is 27.9 Å². The lowest BCUT2D eigenvalue weighted by molar-refractivity contribution is -0.0999. The molecule has 1 unspecified atom stereocenters. The highest BCUT2D eigenvalue weighted by atomic mass is 35.5. The molecule has 19 heavy (non-hydrogen) atoms. The molecule has 1 aromatic rings. The maximum Gasteiger partial charge on any atom is 0.254 e. The SMILES string of the molecule is CC1(C)CNCCC1(O)Cn1cnc(Cl)cc1=O.Cl. The van der Waals surface area contributed by atoms with Gasteiger partial charge in [-0.25, -0.2) is 4.98 Å².